The van der Waals surface area contributed by atoms with Crippen molar-refractivity contribution in [2.75, 3.05) is 4.90 Å². The molecule has 6 heteroatoms. The normalized spacial score (nSPS) is 10.8. The highest BCUT2D eigenvalue weighted by molar-refractivity contribution is 7.07. The molecule has 0 spiro atoms. The Balaban J connectivity index is 1.70. The molecule has 0 aliphatic rings. The van der Waals surface area contributed by atoms with Crippen LogP contribution in [0.4, 0.5) is 5.69 Å². The average molecular weight is 431 g/mol. The number of benzene rings is 2. The van der Waals surface area contributed by atoms with E-state index in [1.165, 1.54) is 18.2 Å². The fraction of sp³-hybridized carbons (Fsp3) is 0.120. The van der Waals surface area contributed by atoms with Crippen molar-refractivity contribution in [2.45, 2.75) is 20.4 Å². The molecule has 2 heterocycles. The van der Waals surface area contributed by atoms with Crippen molar-refractivity contribution in [3.8, 4) is 22.8 Å². The van der Waals surface area contributed by atoms with Gasteiger partial charge in [-0.1, -0.05) is 18.2 Å². The van der Waals surface area contributed by atoms with Gasteiger partial charge in [0.1, 0.15) is 11.5 Å². The van der Waals surface area contributed by atoms with E-state index in [1.807, 2.05) is 61.1 Å². The van der Waals surface area contributed by atoms with Crippen LogP contribution in [0.25, 0.3) is 11.3 Å². The van der Waals surface area contributed by atoms with Gasteiger partial charge in [0.05, 0.1) is 17.8 Å². The lowest BCUT2D eigenvalue weighted by molar-refractivity contribution is 0.0982. The standard InChI is InChI=1S/C25H22N2O3S/c1-16-11-17(2)24(26-13-16)19-3-5-20(6-4-19)27(14-18-9-10-31-15-18)25(30)22-8-7-21(28)12-23(22)29/h3-13,15,28-29H,14H2,1-2H3. The van der Waals surface area contributed by atoms with Crippen LogP contribution in [0.2, 0.25) is 0 Å². The maximum absolute atomic E-state index is 13.3. The number of aromatic nitrogens is 1. The van der Waals surface area contributed by atoms with Crippen LogP contribution in [0.3, 0.4) is 0 Å². The summed E-state index contributed by atoms with van der Waals surface area (Å²) in [5, 5.41) is 23.7. The van der Waals surface area contributed by atoms with Crippen molar-refractivity contribution < 1.29 is 15.0 Å². The molecule has 0 bridgehead atoms. The lowest BCUT2D eigenvalue weighted by atomic mass is 10.0. The number of phenols is 2. The van der Waals surface area contributed by atoms with E-state index in [4.69, 9.17) is 0 Å². The maximum atomic E-state index is 13.3. The molecule has 2 aromatic carbocycles. The third kappa shape index (κ3) is 4.44. The SMILES string of the molecule is Cc1cnc(-c2ccc(N(Cc3ccsc3)C(=O)c3ccc(O)cc3O)cc2)c(C)c1. The van der Waals surface area contributed by atoms with Crippen LogP contribution in [0.5, 0.6) is 11.5 Å². The van der Waals surface area contributed by atoms with E-state index in [0.29, 0.717) is 12.2 Å². The number of phenolic OH excluding ortho intramolecular Hbond substituents is 2. The third-order valence-corrected chi connectivity index (χ3v) is 5.78. The molecule has 0 fully saturated rings. The number of amides is 1. The Bertz CT molecular complexity index is 1220. The first-order valence-electron chi connectivity index (χ1n) is 9.81. The number of aromatic hydroxyl groups is 2. The molecular weight excluding hydrogens is 408 g/mol. The molecule has 0 aliphatic carbocycles. The van der Waals surface area contributed by atoms with E-state index in [0.717, 1.165) is 27.9 Å². The zero-order valence-corrected chi connectivity index (χ0v) is 18.1. The summed E-state index contributed by atoms with van der Waals surface area (Å²) in [5.74, 6) is -0.693. The zero-order valence-electron chi connectivity index (χ0n) is 17.2. The minimum absolute atomic E-state index is 0.0937. The van der Waals surface area contributed by atoms with Gasteiger partial charge in [-0.25, -0.2) is 0 Å². The number of rotatable bonds is 5. The number of thiophene rings is 1. The van der Waals surface area contributed by atoms with Gasteiger partial charge in [-0.3, -0.25) is 9.78 Å². The molecule has 156 valence electrons. The van der Waals surface area contributed by atoms with Crippen molar-refractivity contribution in [3.63, 3.8) is 0 Å². The lowest BCUT2D eigenvalue weighted by Gasteiger charge is -2.23. The van der Waals surface area contributed by atoms with Crippen LogP contribution in [-0.2, 0) is 6.54 Å². The topological polar surface area (TPSA) is 73.7 Å². The first-order chi connectivity index (χ1) is 14.9. The number of nitrogens with zero attached hydrogens (tertiary/aromatic N) is 2. The Labute approximate surface area is 184 Å². The molecular formula is C25H22N2O3S. The Hall–Kier alpha value is -3.64. The van der Waals surface area contributed by atoms with Gasteiger partial charge in [-0.15, -0.1) is 0 Å². The number of carbonyl (C=O) groups excluding carboxylic acids is 1. The molecule has 1 amide bonds. The number of aryl methyl sites for hydroxylation is 2. The fourth-order valence-corrected chi connectivity index (χ4v) is 4.17. The highest BCUT2D eigenvalue weighted by Gasteiger charge is 2.22. The van der Waals surface area contributed by atoms with E-state index in [-0.39, 0.29) is 23.0 Å². The molecule has 0 atom stereocenters. The molecule has 4 aromatic rings. The Morgan fingerprint density at radius 2 is 1.81 bits per heavy atom. The lowest BCUT2D eigenvalue weighted by Crippen LogP contribution is -2.30. The van der Waals surface area contributed by atoms with Gasteiger partial charge < -0.3 is 15.1 Å². The van der Waals surface area contributed by atoms with Crippen LogP contribution >= 0.6 is 11.3 Å². The smallest absolute Gasteiger partial charge is 0.262 e. The number of anilines is 1. The minimum Gasteiger partial charge on any atom is -0.508 e. The molecule has 0 unspecified atom stereocenters. The highest BCUT2D eigenvalue weighted by atomic mass is 32.1. The Morgan fingerprint density at radius 1 is 1.03 bits per heavy atom. The Morgan fingerprint density at radius 3 is 2.45 bits per heavy atom. The van der Waals surface area contributed by atoms with Gasteiger partial charge in [0, 0.05) is 23.5 Å². The summed E-state index contributed by atoms with van der Waals surface area (Å²) in [6, 6.07) is 15.7. The molecule has 0 saturated carbocycles. The summed E-state index contributed by atoms with van der Waals surface area (Å²) < 4.78 is 0. The molecule has 0 radical (unpaired) electrons. The molecule has 2 aromatic heterocycles. The predicted molar refractivity (Wildman–Crippen MR) is 124 cm³/mol. The zero-order chi connectivity index (χ0) is 22.0. The van der Waals surface area contributed by atoms with Crippen LogP contribution in [0, 0.1) is 13.8 Å². The van der Waals surface area contributed by atoms with Crippen molar-refractivity contribution in [3.05, 3.63) is 93.8 Å². The van der Waals surface area contributed by atoms with Crippen molar-refractivity contribution in [1.29, 1.82) is 0 Å². The van der Waals surface area contributed by atoms with Gasteiger partial charge in [0.25, 0.3) is 5.91 Å². The largest absolute Gasteiger partial charge is 0.508 e. The number of hydrogen-bond donors (Lipinski definition) is 2. The van der Waals surface area contributed by atoms with Crippen molar-refractivity contribution in [1.82, 2.24) is 4.98 Å². The quantitative estimate of drug-likeness (QED) is 0.427. The summed E-state index contributed by atoms with van der Waals surface area (Å²) in [6.45, 7) is 4.41. The summed E-state index contributed by atoms with van der Waals surface area (Å²) in [5.41, 5.74) is 5.91. The number of pyridine rings is 1. The van der Waals surface area contributed by atoms with Gasteiger partial charge in [0.2, 0.25) is 0 Å². The van der Waals surface area contributed by atoms with Gasteiger partial charge in [0.15, 0.2) is 0 Å². The second-order valence-electron chi connectivity index (χ2n) is 7.45. The van der Waals surface area contributed by atoms with Gasteiger partial charge in [-0.2, -0.15) is 11.3 Å². The third-order valence-electron chi connectivity index (χ3n) is 5.05. The summed E-state index contributed by atoms with van der Waals surface area (Å²) >= 11 is 1.56. The van der Waals surface area contributed by atoms with Gasteiger partial charge >= 0.3 is 0 Å². The fourth-order valence-electron chi connectivity index (χ4n) is 3.51. The molecule has 0 saturated heterocycles. The first kappa shape index (κ1) is 20.6. The van der Waals surface area contributed by atoms with Gasteiger partial charge in [-0.05, 0) is 71.6 Å². The van der Waals surface area contributed by atoms with E-state index in [9.17, 15) is 15.0 Å². The molecule has 4 rings (SSSR count). The van der Waals surface area contributed by atoms with Crippen LogP contribution in [0.15, 0.2) is 71.6 Å². The van der Waals surface area contributed by atoms with Crippen molar-refractivity contribution in [2.24, 2.45) is 0 Å². The van der Waals surface area contributed by atoms with Crippen molar-refractivity contribution >= 4 is 22.9 Å². The number of carbonyl (C=O) groups is 1. The minimum atomic E-state index is -0.346. The van der Waals surface area contributed by atoms with E-state index in [1.54, 1.807) is 16.2 Å². The maximum Gasteiger partial charge on any atom is 0.262 e. The van der Waals surface area contributed by atoms with E-state index in [2.05, 4.69) is 11.1 Å². The van der Waals surface area contributed by atoms with Crippen LogP contribution in [-0.4, -0.2) is 21.1 Å². The van der Waals surface area contributed by atoms with Crippen LogP contribution in [0.1, 0.15) is 27.0 Å². The summed E-state index contributed by atoms with van der Waals surface area (Å²) in [6.07, 6.45) is 1.84. The summed E-state index contributed by atoms with van der Waals surface area (Å²) in [4.78, 5) is 19.5. The Kier molecular flexibility index (Phi) is 5.73. The molecule has 31 heavy (non-hydrogen) atoms. The second-order valence-corrected chi connectivity index (χ2v) is 8.23. The second kappa shape index (κ2) is 8.62. The average Bonchev–Trinajstić information content (AvgIpc) is 3.25. The highest BCUT2D eigenvalue weighted by Crippen LogP contribution is 2.30. The van der Waals surface area contributed by atoms with Crippen LogP contribution < -0.4 is 4.90 Å². The molecule has 0 aliphatic heterocycles. The number of hydrogen-bond acceptors (Lipinski definition) is 5. The summed E-state index contributed by atoms with van der Waals surface area (Å²) in [7, 11) is 0. The molecule has 2 N–H and O–H groups in total. The monoisotopic (exact) mass is 430 g/mol. The predicted octanol–water partition coefficient (Wildman–Crippen LogP) is 5.69. The molecule has 5 nitrogen and oxygen atoms in total. The first-order valence-corrected chi connectivity index (χ1v) is 10.8. The van der Waals surface area contributed by atoms with E-state index < -0.39 is 0 Å². The van der Waals surface area contributed by atoms with E-state index >= 15 is 0 Å².